The SMILES string of the molecule is CC(O)(CNC1C2C3CCC(C3)C12)C(=O)O. The van der Waals surface area contributed by atoms with Crippen molar-refractivity contribution < 1.29 is 15.0 Å². The molecule has 3 rings (SSSR count). The van der Waals surface area contributed by atoms with E-state index in [1.165, 1.54) is 26.2 Å². The fourth-order valence-electron chi connectivity index (χ4n) is 3.99. The molecule has 0 aromatic heterocycles. The predicted molar refractivity (Wildman–Crippen MR) is 57.9 cm³/mol. The van der Waals surface area contributed by atoms with Crippen LogP contribution in [0.25, 0.3) is 0 Å². The second kappa shape index (κ2) is 3.20. The number of rotatable bonds is 4. The first-order chi connectivity index (χ1) is 7.50. The van der Waals surface area contributed by atoms with Crippen LogP contribution in [0.15, 0.2) is 0 Å². The summed E-state index contributed by atoms with van der Waals surface area (Å²) in [6.07, 6.45) is 4.11. The van der Waals surface area contributed by atoms with Crippen molar-refractivity contribution in [2.45, 2.75) is 37.8 Å². The molecule has 0 spiro atoms. The summed E-state index contributed by atoms with van der Waals surface area (Å²) in [7, 11) is 0. The molecule has 0 saturated heterocycles. The first kappa shape index (κ1) is 10.5. The Labute approximate surface area is 95.0 Å². The molecule has 5 atom stereocenters. The highest BCUT2D eigenvalue weighted by Crippen LogP contribution is 2.65. The Kier molecular flexibility index (Phi) is 2.11. The second-order valence-corrected chi connectivity index (χ2v) is 5.97. The molecule has 3 aliphatic rings. The molecule has 0 heterocycles. The summed E-state index contributed by atoms with van der Waals surface area (Å²) in [5, 5.41) is 21.7. The maximum Gasteiger partial charge on any atom is 0.336 e. The molecule has 0 radical (unpaired) electrons. The first-order valence-corrected chi connectivity index (χ1v) is 6.20. The van der Waals surface area contributed by atoms with Gasteiger partial charge in [0, 0.05) is 12.6 Å². The number of hydrogen-bond acceptors (Lipinski definition) is 3. The maximum absolute atomic E-state index is 10.8. The van der Waals surface area contributed by atoms with Crippen LogP contribution in [0, 0.1) is 23.7 Å². The van der Waals surface area contributed by atoms with Gasteiger partial charge in [-0.2, -0.15) is 0 Å². The van der Waals surface area contributed by atoms with E-state index in [1.807, 2.05) is 0 Å². The van der Waals surface area contributed by atoms with Gasteiger partial charge in [0.25, 0.3) is 0 Å². The molecule has 3 saturated carbocycles. The molecule has 90 valence electrons. The lowest BCUT2D eigenvalue weighted by atomic mass is 10.0. The summed E-state index contributed by atoms with van der Waals surface area (Å²) in [5.74, 6) is 2.17. The van der Waals surface area contributed by atoms with Crippen LogP contribution >= 0.6 is 0 Å². The Bertz CT molecular complexity index is 312. The number of nitrogens with one attached hydrogen (secondary N) is 1. The molecule has 2 bridgehead atoms. The highest BCUT2D eigenvalue weighted by molar-refractivity contribution is 5.76. The lowest BCUT2D eigenvalue weighted by Gasteiger charge is -2.19. The third-order valence-corrected chi connectivity index (χ3v) is 4.88. The van der Waals surface area contributed by atoms with E-state index in [0.717, 1.165) is 23.7 Å². The van der Waals surface area contributed by atoms with Crippen molar-refractivity contribution in [3.8, 4) is 0 Å². The van der Waals surface area contributed by atoms with E-state index < -0.39 is 11.6 Å². The standard InChI is InChI=1S/C12H19NO3/c1-12(16,11(14)15)5-13-10-8-6-2-3-7(4-6)9(8)10/h6-10,13,16H,2-5H2,1H3,(H,14,15). The van der Waals surface area contributed by atoms with Crippen molar-refractivity contribution in [3.63, 3.8) is 0 Å². The van der Waals surface area contributed by atoms with Crippen molar-refractivity contribution in [3.05, 3.63) is 0 Å². The topological polar surface area (TPSA) is 69.6 Å². The molecule has 0 aliphatic heterocycles. The van der Waals surface area contributed by atoms with Gasteiger partial charge in [-0.1, -0.05) is 0 Å². The van der Waals surface area contributed by atoms with E-state index >= 15 is 0 Å². The molecular weight excluding hydrogens is 206 g/mol. The molecule has 3 fully saturated rings. The van der Waals surface area contributed by atoms with Gasteiger partial charge in [0.05, 0.1) is 0 Å². The number of carboxylic acid groups (broad SMARTS) is 1. The quantitative estimate of drug-likeness (QED) is 0.650. The number of aliphatic carboxylic acids is 1. The third-order valence-electron chi connectivity index (χ3n) is 4.88. The Morgan fingerprint density at radius 1 is 1.38 bits per heavy atom. The van der Waals surface area contributed by atoms with Crippen molar-refractivity contribution in [2.24, 2.45) is 23.7 Å². The molecule has 3 N–H and O–H groups in total. The van der Waals surface area contributed by atoms with E-state index in [0.29, 0.717) is 6.04 Å². The van der Waals surface area contributed by atoms with Crippen LogP contribution in [0.5, 0.6) is 0 Å². The minimum atomic E-state index is -1.63. The van der Waals surface area contributed by atoms with E-state index in [-0.39, 0.29) is 6.54 Å². The van der Waals surface area contributed by atoms with Gasteiger partial charge in [0.2, 0.25) is 0 Å². The molecule has 0 aromatic carbocycles. The second-order valence-electron chi connectivity index (χ2n) is 5.97. The molecular formula is C12H19NO3. The number of aliphatic hydroxyl groups is 1. The smallest absolute Gasteiger partial charge is 0.336 e. The van der Waals surface area contributed by atoms with E-state index in [2.05, 4.69) is 5.32 Å². The highest BCUT2D eigenvalue weighted by atomic mass is 16.4. The molecule has 0 amide bonds. The number of hydrogen-bond donors (Lipinski definition) is 3. The van der Waals surface area contributed by atoms with Gasteiger partial charge < -0.3 is 15.5 Å². The maximum atomic E-state index is 10.8. The minimum absolute atomic E-state index is 0.166. The summed E-state index contributed by atoms with van der Waals surface area (Å²) in [6.45, 7) is 1.52. The van der Waals surface area contributed by atoms with Crippen LogP contribution in [0.2, 0.25) is 0 Å². The fraction of sp³-hybridized carbons (Fsp3) is 0.917. The minimum Gasteiger partial charge on any atom is -0.479 e. The largest absolute Gasteiger partial charge is 0.479 e. The van der Waals surface area contributed by atoms with Crippen LogP contribution in [0.1, 0.15) is 26.2 Å². The molecule has 5 unspecified atom stereocenters. The fourth-order valence-corrected chi connectivity index (χ4v) is 3.99. The molecule has 4 heteroatoms. The van der Waals surface area contributed by atoms with E-state index in [4.69, 9.17) is 5.11 Å². The van der Waals surface area contributed by atoms with Gasteiger partial charge in [-0.3, -0.25) is 0 Å². The van der Waals surface area contributed by atoms with Gasteiger partial charge in [-0.05, 0) is 49.9 Å². The zero-order valence-corrected chi connectivity index (χ0v) is 9.52. The summed E-state index contributed by atoms with van der Waals surface area (Å²) < 4.78 is 0. The molecule has 16 heavy (non-hydrogen) atoms. The number of carboxylic acids is 1. The zero-order chi connectivity index (χ0) is 11.5. The summed E-state index contributed by atoms with van der Waals surface area (Å²) >= 11 is 0. The normalized spacial score (nSPS) is 47.5. The Morgan fingerprint density at radius 2 is 1.94 bits per heavy atom. The number of carbonyl (C=O) groups is 1. The van der Waals surface area contributed by atoms with Crippen molar-refractivity contribution in [1.29, 1.82) is 0 Å². The Hall–Kier alpha value is -0.610. The van der Waals surface area contributed by atoms with E-state index in [1.54, 1.807) is 0 Å². The van der Waals surface area contributed by atoms with Crippen molar-refractivity contribution in [2.75, 3.05) is 6.54 Å². The Morgan fingerprint density at radius 3 is 2.44 bits per heavy atom. The molecule has 0 aromatic rings. The lowest BCUT2D eigenvalue weighted by molar-refractivity contribution is -0.156. The summed E-state index contributed by atoms with van der Waals surface area (Å²) in [5.41, 5.74) is -1.63. The average molecular weight is 225 g/mol. The van der Waals surface area contributed by atoms with Crippen LogP contribution in [-0.4, -0.2) is 34.4 Å². The summed E-state index contributed by atoms with van der Waals surface area (Å²) in [4.78, 5) is 10.8. The Balaban J connectivity index is 1.54. The van der Waals surface area contributed by atoms with Crippen LogP contribution in [0.3, 0.4) is 0 Å². The van der Waals surface area contributed by atoms with Gasteiger partial charge in [-0.15, -0.1) is 0 Å². The first-order valence-electron chi connectivity index (χ1n) is 6.20. The van der Waals surface area contributed by atoms with Crippen LogP contribution in [-0.2, 0) is 4.79 Å². The third kappa shape index (κ3) is 1.39. The summed E-state index contributed by atoms with van der Waals surface area (Å²) in [6, 6.07) is 0.483. The predicted octanol–water partition coefficient (Wildman–Crippen LogP) is 0.456. The van der Waals surface area contributed by atoms with E-state index in [9.17, 15) is 9.90 Å². The zero-order valence-electron chi connectivity index (χ0n) is 9.52. The number of fused-ring (bicyclic) bond motifs is 5. The molecule has 4 nitrogen and oxygen atoms in total. The van der Waals surface area contributed by atoms with Crippen LogP contribution < -0.4 is 5.32 Å². The van der Waals surface area contributed by atoms with Crippen LogP contribution in [0.4, 0.5) is 0 Å². The van der Waals surface area contributed by atoms with Crippen molar-refractivity contribution in [1.82, 2.24) is 5.32 Å². The van der Waals surface area contributed by atoms with Gasteiger partial charge >= 0.3 is 5.97 Å². The average Bonchev–Trinajstić information content (AvgIpc) is 2.62. The molecule has 3 aliphatic carbocycles. The lowest BCUT2D eigenvalue weighted by Crippen LogP contribution is -2.46. The van der Waals surface area contributed by atoms with Gasteiger partial charge in [0.1, 0.15) is 0 Å². The highest BCUT2D eigenvalue weighted by Gasteiger charge is 2.64. The van der Waals surface area contributed by atoms with Crippen molar-refractivity contribution >= 4 is 5.97 Å². The monoisotopic (exact) mass is 225 g/mol. The van der Waals surface area contributed by atoms with Gasteiger partial charge in [-0.25, -0.2) is 4.79 Å². The van der Waals surface area contributed by atoms with Gasteiger partial charge in [0.15, 0.2) is 5.60 Å².